The Balaban J connectivity index is 1.33. The summed E-state index contributed by atoms with van der Waals surface area (Å²) in [7, 11) is 0. The molecule has 162 valence electrons. The zero-order chi connectivity index (χ0) is 22.1. The molecule has 0 unspecified atom stereocenters. The van der Waals surface area contributed by atoms with Crippen LogP contribution >= 0.6 is 11.8 Å². The Morgan fingerprint density at radius 1 is 1.06 bits per heavy atom. The number of aromatic nitrogens is 4. The van der Waals surface area contributed by atoms with Crippen LogP contribution in [0.3, 0.4) is 0 Å². The molecule has 0 bridgehead atoms. The van der Waals surface area contributed by atoms with Gasteiger partial charge in [-0.1, -0.05) is 30.0 Å². The van der Waals surface area contributed by atoms with E-state index in [1.807, 2.05) is 30.3 Å². The number of hydrogen-bond donors (Lipinski definition) is 1. The van der Waals surface area contributed by atoms with E-state index in [2.05, 4.69) is 15.5 Å². The van der Waals surface area contributed by atoms with Crippen LogP contribution in [0.15, 0.2) is 70.9 Å². The number of carbonyl (C=O) groups is 1. The molecule has 3 heterocycles. The molecule has 0 saturated heterocycles. The van der Waals surface area contributed by atoms with E-state index in [-0.39, 0.29) is 17.1 Å². The lowest BCUT2D eigenvalue weighted by molar-refractivity contribution is -0.115. The fourth-order valence-corrected chi connectivity index (χ4v) is 4.15. The SMILES string of the molecule is C[C@H](Sc1nnc2c(=O)n(-c3ccccc3)ccn12)C(=O)Nc1ccc2c(c1)OCCO2. The second-order valence-electron chi connectivity index (χ2n) is 7.09. The Labute approximate surface area is 187 Å². The maximum atomic E-state index is 12.8. The topological polar surface area (TPSA) is 99.8 Å². The predicted molar refractivity (Wildman–Crippen MR) is 120 cm³/mol. The van der Waals surface area contributed by atoms with E-state index in [0.717, 1.165) is 5.69 Å². The van der Waals surface area contributed by atoms with Crippen molar-refractivity contribution < 1.29 is 14.3 Å². The van der Waals surface area contributed by atoms with Crippen LogP contribution in [0.1, 0.15) is 6.92 Å². The van der Waals surface area contributed by atoms with Gasteiger partial charge in [0.1, 0.15) is 13.2 Å². The standard InChI is InChI=1S/C22H19N5O4S/c1-14(20(28)23-15-7-8-17-18(13-15)31-12-11-30-17)32-22-25-24-19-21(29)26(9-10-27(19)22)16-5-3-2-4-6-16/h2-10,13-14H,11-12H2,1H3,(H,23,28)/t14-/m0/s1. The van der Waals surface area contributed by atoms with E-state index in [9.17, 15) is 9.59 Å². The maximum Gasteiger partial charge on any atom is 0.300 e. The quantitative estimate of drug-likeness (QED) is 0.468. The maximum absolute atomic E-state index is 12.8. The lowest BCUT2D eigenvalue weighted by Gasteiger charge is -2.19. The largest absolute Gasteiger partial charge is 0.486 e. The highest BCUT2D eigenvalue weighted by atomic mass is 32.2. The van der Waals surface area contributed by atoms with Crippen molar-refractivity contribution in [1.29, 1.82) is 0 Å². The van der Waals surface area contributed by atoms with Gasteiger partial charge < -0.3 is 14.8 Å². The molecule has 0 saturated carbocycles. The average molecular weight is 449 g/mol. The molecule has 0 aliphatic carbocycles. The molecule has 1 N–H and O–H groups in total. The van der Waals surface area contributed by atoms with E-state index in [0.29, 0.717) is 35.6 Å². The summed E-state index contributed by atoms with van der Waals surface area (Å²) in [6.07, 6.45) is 3.38. The Morgan fingerprint density at radius 3 is 2.66 bits per heavy atom. The number of carbonyl (C=O) groups excluding carboxylic acids is 1. The van der Waals surface area contributed by atoms with Gasteiger partial charge in [-0.3, -0.25) is 18.6 Å². The second-order valence-corrected chi connectivity index (χ2v) is 8.40. The third-order valence-corrected chi connectivity index (χ3v) is 5.99. The van der Waals surface area contributed by atoms with E-state index in [1.54, 1.807) is 41.9 Å². The van der Waals surface area contributed by atoms with Crippen LogP contribution in [-0.2, 0) is 4.79 Å². The number of thioether (sulfide) groups is 1. The summed E-state index contributed by atoms with van der Waals surface area (Å²) in [5.41, 5.74) is 1.26. The molecule has 0 spiro atoms. The highest BCUT2D eigenvalue weighted by Crippen LogP contribution is 2.33. The summed E-state index contributed by atoms with van der Waals surface area (Å²) >= 11 is 1.22. The van der Waals surface area contributed by atoms with E-state index in [1.165, 1.54) is 16.3 Å². The van der Waals surface area contributed by atoms with Crippen molar-refractivity contribution in [2.75, 3.05) is 18.5 Å². The second kappa shape index (κ2) is 8.39. The Morgan fingerprint density at radius 2 is 1.84 bits per heavy atom. The Bertz CT molecular complexity index is 1350. The number of para-hydroxylation sites is 1. The van der Waals surface area contributed by atoms with Crippen molar-refractivity contribution in [3.63, 3.8) is 0 Å². The highest BCUT2D eigenvalue weighted by molar-refractivity contribution is 8.00. The smallest absolute Gasteiger partial charge is 0.300 e. The van der Waals surface area contributed by atoms with Gasteiger partial charge >= 0.3 is 5.56 Å². The number of anilines is 1. The molecule has 1 amide bonds. The first kappa shape index (κ1) is 20.1. The Hall–Kier alpha value is -3.79. The molecule has 10 heteroatoms. The fourth-order valence-electron chi connectivity index (χ4n) is 3.31. The minimum atomic E-state index is -0.479. The number of rotatable bonds is 5. The van der Waals surface area contributed by atoms with E-state index in [4.69, 9.17) is 9.47 Å². The first-order valence-corrected chi connectivity index (χ1v) is 10.9. The molecule has 32 heavy (non-hydrogen) atoms. The van der Waals surface area contributed by atoms with Crippen LogP contribution in [0.2, 0.25) is 0 Å². The third-order valence-electron chi connectivity index (χ3n) is 4.93. The number of benzene rings is 2. The zero-order valence-electron chi connectivity index (χ0n) is 17.1. The fraction of sp³-hybridized carbons (Fsp3) is 0.182. The van der Waals surface area contributed by atoms with Gasteiger partial charge in [0.25, 0.3) is 0 Å². The third kappa shape index (κ3) is 3.80. The van der Waals surface area contributed by atoms with Crippen molar-refractivity contribution >= 4 is 29.0 Å². The zero-order valence-corrected chi connectivity index (χ0v) is 17.9. The molecule has 2 aromatic carbocycles. The van der Waals surface area contributed by atoms with Gasteiger partial charge in [0.15, 0.2) is 16.7 Å². The first-order chi connectivity index (χ1) is 15.6. The summed E-state index contributed by atoms with van der Waals surface area (Å²) in [5.74, 6) is 1.06. The number of fused-ring (bicyclic) bond motifs is 2. The molecule has 1 aliphatic rings. The molecule has 2 aromatic heterocycles. The van der Waals surface area contributed by atoms with Crippen molar-refractivity contribution in [2.45, 2.75) is 17.3 Å². The van der Waals surface area contributed by atoms with Gasteiger partial charge in [0.05, 0.1) is 5.25 Å². The van der Waals surface area contributed by atoms with Gasteiger partial charge in [-0.15, -0.1) is 10.2 Å². The Kier molecular flexibility index (Phi) is 5.28. The predicted octanol–water partition coefficient (Wildman–Crippen LogP) is 2.77. The van der Waals surface area contributed by atoms with Gasteiger partial charge in [-0.25, -0.2) is 0 Å². The van der Waals surface area contributed by atoms with Gasteiger partial charge in [-0.2, -0.15) is 0 Å². The minimum absolute atomic E-state index is 0.193. The first-order valence-electron chi connectivity index (χ1n) is 9.99. The summed E-state index contributed by atoms with van der Waals surface area (Å²) in [6, 6.07) is 14.6. The van der Waals surface area contributed by atoms with E-state index < -0.39 is 5.25 Å². The van der Waals surface area contributed by atoms with Crippen LogP contribution in [0.25, 0.3) is 11.3 Å². The van der Waals surface area contributed by atoms with Crippen LogP contribution in [-0.4, -0.2) is 43.5 Å². The normalized spacial score (nSPS) is 13.7. The summed E-state index contributed by atoms with van der Waals surface area (Å²) in [5, 5.41) is 11.0. The molecule has 0 radical (unpaired) electrons. The van der Waals surface area contributed by atoms with Crippen molar-refractivity contribution in [3.05, 3.63) is 71.3 Å². The van der Waals surface area contributed by atoms with Crippen LogP contribution < -0.4 is 20.3 Å². The molecule has 1 atom stereocenters. The number of hydrogen-bond acceptors (Lipinski definition) is 7. The van der Waals surface area contributed by atoms with Crippen LogP contribution in [0.5, 0.6) is 11.5 Å². The average Bonchev–Trinajstić information content (AvgIpc) is 3.23. The van der Waals surface area contributed by atoms with Gasteiger partial charge in [0.2, 0.25) is 11.6 Å². The minimum Gasteiger partial charge on any atom is -0.486 e. The molecule has 5 rings (SSSR count). The number of ether oxygens (including phenoxy) is 2. The number of nitrogens with zero attached hydrogens (tertiary/aromatic N) is 4. The van der Waals surface area contributed by atoms with Crippen molar-refractivity contribution in [2.24, 2.45) is 0 Å². The summed E-state index contributed by atoms with van der Waals surface area (Å²) in [4.78, 5) is 25.6. The van der Waals surface area contributed by atoms with Crippen LogP contribution in [0, 0.1) is 0 Å². The van der Waals surface area contributed by atoms with Crippen molar-refractivity contribution in [1.82, 2.24) is 19.2 Å². The van der Waals surface area contributed by atoms with Crippen LogP contribution in [0.4, 0.5) is 5.69 Å². The molecule has 4 aromatic rings. The van der Waals surface area contributed by atoms with E-state index >= 15 is 0 Å². The molecule has 9 nitrogen and oxygen atoms in total. The molecular weight excluding hydrogens is 430 g/mol. The van der Waals surface area contributed by atoms with Gasteiger partial charge in [0, 0.05) is 29.8 Å². The molecule has 0 fully saturated rings. The lowest BCUT2D eigenvalue weighted by atomic mass is 10.2. The monoisotopic (exact) mass is 449 g/mol. The van der Waals surface area contributed by atoms with Crippen molar-refractivity contribution in [3.8, 4) is 17.2 Å². The highest BCUT2D eigenvalue weighted by Gasteiger charge is 2.20. The molecule has 1 aliphatic heterocycles. The summed E-state index contributed by atoms with van der Waals surface area (Å²) < 4.78 is 14.2. The summed E-state index contributed by atoms with van der Waals surface area (Å²) in [6.45, 7) is 2.75. The number of amides is 1. The van der Waals surface area contributed by atoms with Gasteiger partial charge in [-0.05, 0) is 31.2 Å². The number of nitrogens with one attached hydrogen (secondary N) is 1. The lowest BCUT2D eigenvalue weighted by Crippen LogP contribution is -2.23. The molecular formula is C22H19N5O4S.